The summed E-state index contributed by atoms with van der Waals surface area (Å²) in [6.07, 6.45) is 2.22. The maximum absolute atomic E-state index is 13.8. The van der Waals surface area contributed by atoms with Gasteiger partial charge >= 0.3 is 0 Å². The predicted octanol–water partition coefficient (Wildman–Crippen LogP) is 3.72. The van der Waals surface area contributed by atoms with Crippen LogP contribution in [0.5, 0.6) is 5.75 Å². The molecule has 182 valence electrons. The Morgan fingerprint density at radius 1 is 1.14 bits per heavy atom. The van der Waals surface area contributed by atoms with Crippen molar-refractivity contribution in [2.24, 2.45) is 0 Å². The third-order valence-electron chi connectivity index (χ3n) is 6.01. The van der Waals surface area contributed by atoms with Gasteiger partial charge in [-0.3, -0.25) is 9.59 Å². The number of benzene rings is 2. The van der Waals surface area contributed by atoms with Gasteiger partial charge in [-0.1, -0.05) is 36.4 Å². The molecule has 2 amide bonds. The van der Waals surface area contributed by atoms with E-state index in [0.717, 1.165) is 5.52 Å². The number of amides is 2. The minimum absolute atomic E-state index is 0.0449. The molecule has 0 aliphatic heterocycles. The van der Waals surface area contributed by atoms with Crippen molar-refractivity contribution in [2.45, 2.75) is 45.4 Å². The predicted molar refractivity (Wildman–Crippen MR) is 130 cm³/mol. The van der Waals surface area contributed by atoms with Crippen LogP contribution in [0.15, 0.2) is 71.3 Å². The molecular formula is C26H29N5O4. The molecule has 0 spiro atoms. The van der Waals surface area contributed by atoms with Crippen molar-refractivity contribution in [1.29, 1.82) is 0 Å². The molecule has 35 heavy (non-hydrogen) atoms. The smallest absolute Gasteiger partial charge is 0.247 e. The van der Waals surface area contributed by atoms with Crippen LogP contribution in [0.1, 0.15) is 37.6 Å². The maximum Gasteiger partial charge on any atom is 0.247 e. The molecule has 0 aliphatic carbocycles. The summed E-state index contributed by atoms with van der Waals surface area (Å²) in [5, 5.41) is 11.2. The number of aromatic nitrogens is 3. The van der Waals surface area contributed by atoms with Crippen LogP contribution in [0.3, 0.4) is 0 Å². The van der Waals surface area contributed by atoms with E-state index in [-0.39, 0.29) is 30.9 Å². The number of fused-ring (bicyclic) bond motifs is 1. The summed E-state index contributed by atoms with van der Waals surface area (Å²) >= 11 is 0. The summed E-state index contributed by atoms with van der Waals surface area (Å²) in [5.74, 6) is 0.672. The minimum Gasteiger partial charge on any atom is -0.497 e. The van der Waals surface area contributed by atoms with E-state index in [9.17, 15) is 9.59 Å². The average Bonchev–Trinajstić information content (AvgIpc) is 3.55. The zero-order valence-electron chi connectivity index (χ0n) is 20.0. The average molecular weight is 476 g/mol. The van der Waals surface area contributed by atoms with Gasteiger partial charge in [-0.25, -0.2) is 4.68 Å². The lowest BCUT2D eigenvalue weighted by Crippen LogP contribution is -2.48. The molecule has 0 bridgehead atoms. The van der Waals surface area contributed by atoms with Crippen LogP contribution in [0.4, 0.5) is 0 Å². The number of nitrogens with zero attached hydrogens (tertiary/aromatic N) is 4. The molecule has 0 saturated heterocycles. The fourth-order valence-corrected chi connectivity index (χ4v) is 4.02. The molecule has 0 unspecified atom stereocenters. The van der Waals surface area contributed by atoms with Crippen LogP contribution in [-0.2, 0) is 22.7 Å². The lowest BCUT2D eigenvalue weighted by Gasteiger charge is -2.36. The Morgan fingerprint density at radius 2 is 1.97 bits per heavy atom. The van der Waals surface area contributed by atoms with Gasteiger partial charge in [0.25, 0.3) is 0 Å². The Morgan fingerprint density at radius 3 is 2.71 bits per heavy atom. The molecule has 9 nitrogen and oxygen atoms in total. The first-order valence-corrected chi connectivity index (χ1v) is 11.5. The van der Waals surface area contributed by atoms with E-state index >= 15 is 0 Å². The monoisotopic (exact) mass is 475 g/mol. The van der Waals surface area contributed by atoms with E-state index in [1.54, 1.807) is 47.2 Å². The number of rotatable bonds is 10. The topological polar surface area (TPSA) is 102 Å². The van der Waals surface area contributed by atoms with Gasteiger partial charge in [0, 0.05) is 6.04 Å². The van der Waals surface area contributed by atoms with E-state index in [0.29, 0.717) is 29.0 Å². The zero-order valence-corrected chi connectivity index (χ0v) is 20.0. The summed E-state index contributed by atoms with van der Waals surface area (Å²) in [5.41, 5.74) is 2.11. The van der Waals surface area contributed by atoms with Crippen molar-refractivity contribution in [3.63, 3.8) is 0 Å². The molecule has 4 rings (SSSR count). The Bertz CT molecular complexity index is 1280. The van der Waals surface area contributed by atoms with Crippen molar-refractivity contribution < 1.29 is 18.7 Å². The molecule has 1 N–H and O–H groups in total. The van der Waals surface area contributed by atoms with Crippen molar-refractivity contribution in [3.8, 4) is 5.75 Å². The molecular weight excluding hydrogens is 446 g/mol. The van der Waals surface area contributed by atoms with E-state index in [4.69, 9.17) is 9.15 Å². The van der Waals surface area contributed by atoms with E-state index in [2.05, 4.69) is 15.6 Å². The first-order chi connectivity index (χ1) is 17.0. The highest BCUT2D eigenvalue weighted by molar-refractivity contribution is 5.89. The standard InChI is InChI=1S/C26H29N5O4/c1-4-18(2)31(24(32)17-30-23-13-6-5-12-22(23)28-29-30)25(19-9-7-10-20(15-19)34-3)26(33)27-16-21-11-8-14-35-21/h5-15,18,25H,4,16-17H2,1-3H3,(H,27,33)/t18-,25-/m0/s1. The van der Waals surface area contributed by atoms with Gasteiger partial charge in [0.2, 0.25) is 11.8 Å². The SMILES string of the molecule is CC[C@H](C)N(C(=O)Cn1nnc2ccccc21)[C@H](C(=O)NCc1ccco1)c1cccc(OC)c1. The third-order valence-corrected chi connectivity index (χ3v) is 6.01. The molecule has 0 aliphatic rings. The number of carbonyl (C=O) groups excluding carboxylic acids is 2. The van der Waals surface area contributed by atoms with Gasteiger partial charge < -0.3 is 19.4 Å². The number of ether oxygens (including phenoxy) is 1. The molecule has 2 heterocycles. The molecule has 2 atom stereocenters. The molecule has 0 fully saturated rings. The first-order valence-electron chi connectivity index (χ1n) is 11.5. The summed E-state index contributed by atoms with van der Waals surface area (Å²) in [6.45, 7) is 4.09. The van der Waals surface area contributed by atoms with Crippen LogP contribution in [0.25, 0.3) is 11.0 Å². The second-order valence-corrected chi connectivity index (χ2v) is 8.27. The Kier molecular flexibility index (Phi) is 7.45. The third kappa shape index (κ3) is 5.34. The Hall–Kier alpha value is -4.14. The normalized spacial score (nSPS) is 12.8. The van der Waals surface area contributed by atoms with Gasteiger partial charge in [-0.15, -0.1) is 5.10 Å². The van der Waals surface area contributed by atoms with Crippen LogP contribution < -0.4 is 10.1 Å². The molecule has 0 saturated carbocycles. The highest BCUT2D eigenvalue weighted by Crippen LogP contribution is 2.28. The summed E-state index contributed by atoms with van der Waals surface area (Å²) in [7, 11) is 1.57. The lowest BCUT2D eigenvalue weighted by molar-refractivity contribution is -0.144. The van der Waals surface area contributed by atoms with Gasteiger partial charge in [0.15, 0.2) is 0 Å². The van der Waals surface area contributed by atoms with Gasteiger partial charge in [-0.05, 0) is 55.3 Å². The second kappa shape index (κ2) is 10.9. The highest BCUT2D eigenvalue weighted by Gasteiger charge is 2.35. The number of nitrogens with one attached hydrogen (secondary N) is 1. The molecule has 2 aromatic heterocycles. The van der Waals surface area contributed by atoms with Gasteiger partial charge in [0.05, 0.1) is 25.4 Å². The zero-order chi connectivity index (χ0) is 24.8. The number of para-hydroxylation sites is 1. The molecule has 2 aromatic carbocycles. The number of methoxy groups -OCH3 is 1. The van der Waals surface area contributed by atoms with Gasteiger partial charge in [0.1, 0.15) is 29.6 Å². The van der Waals surface area contributed by atoms with E-state index < -0.39 is 6.04 Å². The van der Waals surface area contributed by atoms with Crippen LogP contribution in [-0.4, -0.2) is 44.9 Å². The molecule has 0 radical (unpaired) electrons. The highest BCUT2D eigenvalue weighted by atomic mass is 16.5. The van der Waals surface area contributed by atoms with Crippen molar-refractivity contribution in [3.05, 3.63) is 78.3 Å². The van der Waals surface area contributed by atoms with E-state index in [1.165, 1.54) is 0 Å². The summed E-state index contributed by atoms with van der Waals surface area (Å²) < 4.78 is 12.3. The van der Waals surface area contributed by atoms with Gasteiger partial charge in [-0.2, -0.15) is 0 Å². The maximum atomic E-state index is 13.8. The minimum atomic E-state index is -0.878. The number of hydrogen-bond donors (Lipinski definition) is 1. The Labute approximate surface area is 203 Å². The lowest BCUT2D eigenvalue weighted by atomic mass is 10.0. The number of carbonyl (C=O) groups is 2. The Balaban J connectivity index is 1.69. The number of hydrogen-bond acceptors (Lipinski definition) is 6. The molecule has 9 heteroatoms. The van der Waals surface area contributed by atoms with Crippen molar-refractivity contribution in [2.75, 3.05) is 7.11 Å². The van der Waals surface area contributed by atoms with Crippen molar-refractivity contribution >= 4 is 22.8 Å². The van der Waals surface area contributed by atoms with E-state index in [1.807, 2.05) is 50.2 Å². The fraction of sp³-hybridized carbons (Fsp3) is 0.308. The van der Waals surface area contributed by atoms with Crippen LogP contribution in [0.2, 0.25) is 0 Å². The quantitative estimate of drug-likeness (QED) is 0.375. The summed E-state index contributed by atoms with van der Waals surface area (Å²) in [6, 6.07) is 17.1. The van der Waals surface area contributed by atoms with Crippen LogP contribution in [0, 0.1) is 0 Å². The number of furan rings is 1. The van der Waals surface area contributed by atoms with Crippen LogP contribution >= 0.6 is 0 Å². The second-order valence-electron chi connectivity index (χ2n) is 8.27. The summed E-state index contributed by atoms with van der Waals surface area (Å²) in [4.78, 5) is 29.0. The van der Waals surface area contributed by atoms with Crippen molar-refractivity contribution in [1.82, 2.24) is 25.2 Å². The fourth-order valence-electron chi connectivity index (χ4n) is 4.02. The largest absolute Gasteiger partial charge is 0.497 e. The first kappa shape index (κ1) is 24.0. The molecule has 4 aromatic rings.